The van der Waals surface area contributed by atoms with Gasteiger partial charge in [0.2, 0.25) is 5.95 Å². The molecule has 4 N–H and O–H groups in total. The third-order valence-corrected chi connectivity index (χ3v) is 3.16. The first-order valence-corrected chi connectivity index (χ1v) is 6.68. The molecule has 7 heteroatoms. The Morgan fingerprint density at radius 1 is 1.15 bits per heavy atom. The number of hydrogen-bond donors (Lipinski definition) is 2. The Kier molecular flexibility index (Phi) is 4.52. The molecule has 3 heterocycles. The van der Waals surface area contributed by atoms with Crippen LogP contribution >= 0.6 is 0 Å². The number of aromatic nitrogens is 4. The SMILES string of the molecule is CN.Cn1cc(-c2cc(N3CCCC3)nc(N)n2)cn1. The molecule has 1 aliphatic rings. The smallest absolute Gasteiger partial charge is 0.222 e. The number of anilines is 2. The van der Waals surface area contributed by atoms with E-state index in [9.17, 15) is 0 Å². The van der Waals surface area contributed by atoms with Crippen molar-refractivity contribution in [2.75, 3.05) is 30.8 Å². The minimum Gasteiger partial charge on any atom is -0.368 e. The van der Waals surface area contributed by atoms with Crippen molar-refractivity contribution in [2.24, 2.45) is 12.8 Å². The maximum Gasteiger partial charge on any atom is 0.222 e. The molecule has 20 heavy (non-hydrogen) atoms. The normalized spacial score (nSPS) is 14.1. The maximum atomic E-state index is 5.80. The Bertz CT molecular complexity index is 558. The van der Waals surface area contributed by atoms with E-state index >= 15 is 0 Å². The minimum absolute atomic E-state index is 0.318. The third kappa shape index (κ3) is 3.05. The van der Waals surface area contributed by atoms with E-state index < -0.39 is 0 Å². The average molecular weight is 275 g/mol. The number of rotatable bonds is 2. The molecule has 0 radical (unpaired) electrons. The molecule has 0 amide bonds. The second-order valence-corrected chi connectivity index (χ2v) is 4.57. The molecule has 0 unspecified atom stereocenters. The maximum absolute atomic E-state index is 5.80. The zero-order valence-corrected chi connectivity index (χ0v) is 12.0. The lowest BCUT2D eigenvalue weighted by Gasteiger charge is -2.16. The largest absolute Gasteiger partial charge is 0.368 e. The fourth-order valence-corrected chi connectivity index (χ4v) is 2.26. The van der Waals surface area contributed by atoms with E-state index in [1.165, 1.54) is 19.9 Å². The van der Waals surface area contributed by atoms with Crippen molar-refractivity contribution >= 4 is 11.8 Å². The number of nitrogen functional groups attached to an aromatic ring is 1. The summed E-state index contributed by atoms with van der Waals surface area (Å²) in [6, 6.07) is 1.98. The van der Waals surface area contributed by atoms with Gasteiger partial charge in [-0.05, 0) is 19.9 Å². The van der Waals surface area contributed by atoms with Crippen LogP contribution in [0.5, 0.6) is 0 Å². The summed E-state index contributed by atoms with van der Waals surface area (Å²) < 4.78 is 1.75. The Balaban J connectivity index is 0.000000704. The van der Waals surface area contributed by atoms with Crippen LogP contribution in [0.2, 0.25) is 0 Å². The van der Waals surface area contributed by atoms with Gasteiger partial charge >= 0.3 is 0 Å². The van der Waals surface area contributed by atoms with Crippen LogP contribution in [-0.4, -0.2) is 39.9 Å². The lowest BCUT2D eigenvalue weighted by molar-refractivity contribution is 0.768. The molecule has 2 aromatic rings. The highest BCUT2D eigenvalue weighted by Gasteiger charge is 2.16. The third-order valence-electron chi connectivity index (χ3n) is 3.16. The van der Waals surface area contributed by atoms with Gasteiger partial charge in [-0.25, -0.2) is 4.98 Å². The van der Waals surface area contributed by atoms with Crippen LogP contribution in [0.3, 0.4) is 0 Å². The highest BCUT2D eigenvalue weighted by atomic mass is 15.2. The molecule has 108 valence electrons. The van der Waals surface area contributed by atoms with E-state index in [0.29, 0.717) is 5.95 Å². The number of nitrogens with zero attached hydrogens (tertiary/aromatic N) is 5. The van der Waals surface area contributed by atoms with E-state index in [-0.39, 0.29) is 0 Å². The Labute approximate surface area is 118 Å². The zero-order valence-electron chi connectivity index (χ0n) is 12.0. The van der Waals surface area contributed by atoms with Crippen molar-refractivity contribution in [3.05, 3.63) is 18.5 Å². The second kappa shape index (κ2) is 6.33. The Morgan fingerprint density at radius 3 is 2.45 bits per heavy atom. The van der Waals surface area contributed by atoms with E-state index in [1.807, 2.05) is 19.3 Å². The van der Waals surface area contributed by atoms with Gasteiger partial charge in [0.05, 0.1) is 11.9 Å². The van der Waals surface area contributed by atoms with Crippen molar-refractivity contribution in [1.82, 2.24) is 19.7 Å². The van der Waals surface area contributed by atoms with Crippen molar-refractivity contribution in [3.63, 3.8) is 0 Å². The van der Waals surface area contributed by atoms with E-state index in [1.54, 1.807) is 10.9 Å². The molecule has 0 aromatic carbocycles. The summed E-state index contributed by atoms with van der Waals surface area (Å²) in [6.07, 6.45) is 6.14. The molecule has 1 fully saturated rings. The Morgan fingerprint density at radius 2 is 1.85 bits per heavy atom. The van der Waals surface area contributed by atoms with E-state index in [4.69, 9.17) is 5.73 Å². The minimum atomic E-state index is 0.318. The van der Waals surface area contributed by atoms with Gasteiger partial charge in [-0.1, -0.05) is 0 Å². The summed E-state index contributed by atoms with van der Waals surface area (Å²) in [5.41, 5.74) is 12.1. The summed E-state index contributed by atoms with van der Waals surface area (Å²) in [7, 11) is 3.38. The van der Waals surface area contributed by atoms with Gasteiger partial charge in [0.1, 0.15) is 5.82 Å². The number of aryl methyl sites for hydroxylation is 1. The summed E-state index contributed by atoms with van der Waals surface area (Å²) in [6.45, 7) is 2.09. The fourth-order valence-electron chi connectivity index (χ4n) is 2.26. The molecule has 7 nitrogen and oxygen atoms in total. The highest BCUT2D eigenvalue weighted by molar-refractivity contribution is 5.63. The number of hydrogen-bond acceptors (Lipinski definition) is 6. The molecule has 2 aromatic heterocycles. The van der Waals surface area contributed by atoms with Crippen molar-refractivity contribution in [2.45, 2.75) is 12.8 Å². The van der Waals surface area contributed by atoms with Gasteiger partial charge in [-0.3, -0.25) is 4.68 Å². The van der Waals surface area contributed by atoms with Crippen molar-refractivity contribution in [3.8, 4) is 11.3 Å². The van der Waals surface area contributed by atoms with Crippen LogP contribution in [0.4, 0.5) is 11.8 Å². The summed E-state index contributed by atoms with van der Waals surface area (Å²) in [5.74, 6) is 1.23. The molecule has 0 bridgehead atoms. The monoisotopic (exact) mass is 275 g/mol. The van der Waals surface area contributed by atoms with Crippen molar-refractivity contribution < 1.29 is 0 Å². The van der Waals surface area contributed by atoms with Gasteiger partial charge in [0, 0.05) is 38.0 Å². The quantitative estimate of drug-likeness (QED) is 0.834. The summed E-state index contributed by atoms with van der Waals surface area (Å²) >= 11 is 0. The topological polar surface area (TPSA) is 98.9 Å². The molecular formula is C13H21N7. The van der Waals surface area contributed by atoms with Crippen LogP contribution in [0.1, 0.15) is 12.8 Å². The summed E-state index contributed by atoms with van der Waals surface area (Å²) in [5, 5.41) is 4.15. The molecule has 3 rings (SSSR count). The van der Waals surface area contributed by atoms with Gasteiger partial charge < -0.3 is 16.4 Å². The molecule has 0 saturated carbocycles. The van der Waals surface area contributed by atoms with Crippen LogP contribution in [0.25, 0.3) is 11.3 Å². The van der Waals surface area contributed by atoms with Gasteiger partial charge in [-0.2, -0.15) is 10.1 Å². The second-order valence-electron chi connectivity index (χ2n) is 4.57. The van der Waals surface area contributed by atoms with E-state index in [2.05, 4.69) is 25.7 Å². The summed E-state index contributed by atoms with van der Waals surface area (Å²) in [4.78, 5) is 10.8. The lowest BCUT2D eigenvalue weighted by atomic mass is 10.2. The van der Waals surface area contributed by atoms with Crippen LogP contribution in [0, 0.1) is 0 Å². The first-order valence-electron chi connectivity index (χ1n) is 6.68. The van der Waals surface area contributed by atoms with E-state index in [0.717, 1.165) is 30.2 Å². The first kappa shape index (κ1) is 14.3. The average Bonchev–Trinajstić information content (AvgIpc) is 3.11. The standard InChI is InChI=1S/C12H16N6.CH5N/c1-17-8-9(7-14-17)10-6-11(16-12(13)15-10)18-4-2-3-5-18;1-2/h6-8H,2-5H2,1H3,(H2,13,15,16);2H2,1H3. The predicted octanol–water partition coefficient (Wildman–Crippen LogP) is 0.634. The fraction of sp³-hybridized carbons (Fsp3) is 0.462. The van der Waals surface area contributed by atoms with Crippen LogP contribution in [0.15, 0.2) is 18.5 Å². The van der Waals surface area contributed by atoms with Gasteiger partial charge in [0.15, 0.2) is 0 Å². The molecule has 0 atom stereocenters. The lowest BCUT2D eigenvalue weighted by Crippen LogP contribution is -2.19. The van der Waals surface area contributed by atoms with Crippen molar-refractivity contribution in [1.29, 1.82) is 0 Å². The molecule has 0 aliphatic carbocycles. The zero-order chi connectivity index (χ0) is 14.5. The van der Waals surface area contributed by atoms with Crippen LogP contribution < -0.4 is 16.4 Å². The van der Waals surface area contributed by atoms with Gasteiger partial charge in [-0.15, -0.1) is 0 Å². The molecule has 1 saturated heterocycles. The first-order chi connectivity index (χ1) is 9.72. The van der Waals surface area contributed by atoms with Crippen LogP contribution in [-0.2, 0) is 7.05 Å². The molecule has 0 spiro atoms. The predicted molar refractivity (Wildman–Crippen MR) is 80.2 cm³/mol. The Hall–Kier alpha value is -2.15. The molecular weight excluding hydrogens is 254 g/mol. The van der Waals surface area contributed by atoms with Gasteiger partial charge in [0.25, 0.3) is 0 Å². The number of nitrogens with two attached hydrogens (primary N) is 2. The highest BCUT2D eigenvalue weighted by Crippen LogP contribution is 2.24. The molecule has 1 aliphatic heterocycles.